The molecule has 0 aromatic heterocycles. The Bertz CT molecular complexity index is 1100. The maximum Gasteiger partial charge on any atom is 0.243 e. The van der Waals surface area contributed by atoms with Crippen LogP contribution < -0.4 is 0 Å². The number of carbonyl (C=O) groups is 2. The molecule has 172 valence electrons. The SMILES string of the molecule is CC(=O)c1ccc(S(=O)(=O)N2CCN(C(=O)CN(C)Cc3ccc(Cl)cc3Cl)CC2)cc1. The molecule has 1 saturated heterocycles. The van der Waals surface area contributed by atoms with Crippen LogP contribution in [0.1, 0.15) is 22.8 Å². The van der Waals surface area contributed by atoms with E-state index >= 15 is 0 Å². The first kappa shape index (κ1) is 24.7. The van der Waals surface area contributed by atoms with Crippen LogP contribution >= 0.6 is 23.2 Å². The molecule has 1 amide bonds. The second-order valence-electron chi connectivity index (χ2n) is 7.77. The third-order valence-electron chi connectivity index (χ3n) is 5.35. The van der Waals surface area contributed by atoms with Gasteiger partial charge in [0.1, 0.15) is 0 Å². The number of Topliss-reactive ketones (excluding diaryl/α,β-unsaturated/α-hetero) is 1. The number of amides is 1. The first-order valence-corrected chi connectivity index (χ1v) is 12.3. The molecule has 1 aliphatic heterocycles. The summed E-state index contributed by atoms with van der Waals surface area (Å²) >= 11 is 12.1. The van der Waals surface area contributed by atoms with Crippen molar-refractivity contribution in [3.63, 3.8) is 0 Å². The highest BCUT2D eigenvalue weighted by Crippen LogP contribution is 2.22. The number of ketones is 1. The van der Waals surface area contributed by atoms with Gasteiger partial charge in [0.25, 0.3) is 0 Å². The average molecular weight is 498 g/mol. The maximum absolute atomic E-state index is 12.9. The second kappa shape index (κ2) is 10.3. The fourth-order valence-electron chi connectivity index (χ4n) is 3.52. The molecule has 0 radical (unpaired) electrons. The standard InChI is InChI=1S/C22H25Cl2N3O4S/c1-16(28)17-4-7-20(8-5-17)32(30,31)27-11-9-26(10-12-27)22(29)15-25(2)14-18-3-6-19(23)13-21(18)24/h3-8,13H,9-12,14-15H2,1-2H3. The Labute approximate surface area is 198 Å². The molecular formula is C22H25Cl2N3O4S. The zero-order valence-electron chi connectivity index (χ0n) is 17.9. The van der Waals surface area contributed by atoms with Crippen molar-refractivity contribution < 1.29 is 18.0 Å². The summed E-state index contributed by atoms with van der Waals surface area (Å²) in [5.41, 5.74) is 1.33. The highest BCUT2D eigenvalue weighted by Gasteiger charge is 2.30. The van der Waals surface area contributed by atoms with Gasteiger partial charge in [-0.2, -0.15) is 4.31 Å². The van der Waals surface area contributed by atoms with Gasteiger partial charge in [0.15, 0.2) is 5.78 Å². The number of nitrogens with zero attached hydrogens (tertiary/aromatic N) is 3. The summed E-state index contributed by atoms with van der Waals surface area (Å²) < 4.78 is 27.2. The van der Waals surface area contributed by atoms with Gasteiger partial charge in [-0.3, -0.25) is 14.5 Å². The molecule has 7 nitrogen and oxygen atoms in total. The Kier molecular flexibility index (Phi) is 7.95. The molecule has 0 saturated carbocycles. The zero-order valence-corrected chi connectivity index (χ0v) is 20.3. The van der Waals surface area contributed by atoms with E-state index in [0.29, 0.717) is 35.2 Å². The Morgan fingerprint density at radius 2 is 1.62 bits per heavy atom. The Morgan fingerprint density at radius 1 is 1.00 bits per heavy atom. The van der Waals surface area contributed by atoms with Crippen molar-refractivity contribution in [2.75, 3.05) is 39.8 Å². The van der Waals surface area contributed by atoms with Crippen LogP contribution in [0.3, 0.4) is 0 Å². The minimum atomic E-state index is -3.68. The highest BCUT2D eigenvalue weighted by atomic mass is 35.5. The van der Waals surface area contributed by atoms with Gasteiger partial charge < -0.3 is 4.90 Å². The van der Waals surface area contributed by atoms with Crippen LogP contribution in [-0.4, -0.2) is 74.0 Å². The van der Waals surface area contributed by atoms with Crippen LogP contribution in [0.2, 0.25) is 10.0 Å². The predicted octanol–water partition coefficient (Wildman–Crippen LogP) is 3.16. The largest absolute Gasteiger partial charge is 0.339 e. The molecule has 1 heterocycles. The first-order chi connectivity index (χ1) is 15.1. The third kappa shape index (κ3) is 5.88. The molecule has 0 unspecified atom stereocenters. The molecule has 0 spiro atoms. The van der Waals surface area contributed by atoms with E-state index in [-0.39, 0.29) is 36.2 Å². The summed E-state index contributed by atoms with van der Waals surface area (Å²) in [6.45, 7) is 3.19. The molecule has 32 heavy (non-hydrogen) atoms. The van der Waals surface area contributed by atoms with Crippen LogP contribution in [0.4, 0.5) is 0 Å². The highest BCUT2D eigenvalue weighted by molar-refractivity contribution is 7.89. The first-order valence-electron chi connectivity index (χ1n) is 10.1. The summed E-state index contributed by atoms with van der Waals surface area (Å²) in [4.78, 5) is 27.8. The van der Waals surface area contributed by atoms with Crippen LogP contribution in [0.25, 0.3) is 0 Å². The van der Waals surface area contributed by atoms with E-state index in [1.807, 2.05) is 18.0 Å². The minimum Gasteiger partial charge on any atom is -0.339 e. The fourth-order valence-corrected chi connectivity index (χ4v) is 5.41. The molecule has 3 rings (SSSR count). The van der Waals surface area contributed by atoms with Crippen molar-refractivity contribution in [1.29, 1.82) is 0 Å². The summed E-state index contributed by atoms with van der Waals surface area (Å²) in [5.74, 6) is -0.190. The Balaban J connectivity index is 1.55. The Hall–Kier alpha value is -1.97. The molecule has 10 heteroatoms. The van der Waals surface area contributed by atoms with E-state index in [9.17, 15) is 18.0 Å². The lowest BCUT2D eigenvalue weighted by atomic mass is 10.2. The van der Waals surface area contributed by atoms with Crippen molar-refractivity contribution in [3.05, 3.63) is 63.6 Å². The van der Waals surface area contributed by atoms with E-state index in [4.69, 9.17) is 23.2 Å². The van der Waals surface area contributed by atoms with E-state index in [0.717, 1.165) is 5.56 Å². The van der Waals surface area contributed by atoms with Crippen molar-refractivity contribution in [1.82, 2.24) is 14.1 Å². The fraction of sp³-hybridized carbons (Fsp3) is 0.364. The van der Waals surface area contributed by atoms with Gasteiger partial charge in [-0.25, -0.2) is 8.42 Å². The minimum absolute atomic E-state index is 0.0690. The number of rotatable bonds is 7. The predicted molar refractivity (Wildman–Crippen MR) is 125 cm³/mol. The lowest BCUT2D eigenvalue weighted by molar-refractivity contribution is -0.133. The lowest BCUT2D eigenvalue weighted by Gasteiger charge is -2.34. The molecule has 0 N–H and O–H groups in total. The van der Waals surface area contributed by atoms with Crippen molar-refractivity contribution in [2.24, 2.45) is 0 Å². The van der Waals surface area contributed by atoms with Gasteiger partial charge in [-0.1, -0.05) is 41.4 Å². The van der Waals surface area contributed by atoms with Crippen molar-refractivity contribution >= 4 is 44.9 Å². The number of sulfonamides is 1. The van der Waals surface area contributed by atoms with Crippen LogP contribution in [0, 0.1) is 0 Å². The second-order valence-corrected chi connectivity index (χ2v) is 10.6. The van der Waals surface area contributed by atoms with Gasteiger partial charge >= 0.3 is 0 Å². The molecule has 2 aromatic carbocycles. The van der Waals surface area contributed by atoms with E-state index in [1.165, 1.54) is 35.5 Å². The normalized spacial score (nSPS) is 15.2. The number of hydrogen-bond donors (Lipinski definition) is 0. The zero-order chi connectivity index (χ0) is 23.5. The molecule has 0 aliphatic carbocycles. The molecule has 0 bridgehead atoms. The number of halogens is 2. The number of piperazine rings is 1. The molecule has 1 fully saturated rings. The topological polar surface area (TPSA) is 78.0 Å². The van der Waals surface area contributed by atoms with E-state index in [1.54, 1.807) is 17.0 Å². The van der Waals surface area contributed by atoms with Crippen molar-refractivity contribution in [2.45, 2.75) is 18.4 Å². The summed E-state index contributed by atoms with van der Waals surface area (Å²) in [5, 5.41) is 1.10. The van der Waals surface area contributed by atoms with Gasteiger partial charge in [0, 0.05) is 48.3 Å². The Morgan fingerprint density at radius 3 is 2.19 bits per heavy atom. The van der Waals surface area contributed by atoms with Crippen LogP contribution in [0.5, 0.6) is 0 Å². The summed E-state index contributed by atoms with van der Waals surface area (Å²) in [7, 11) is -1.85. The van der Waals surface area contributed by atoms with E-state index < -0.39 is 10.0 Å². The van der Waals surface area contributed by atoms with Gasteiger partial charge in [0.2, 0.25) is 15.9 Å². The van der Waals surface area contributed by atoms with Gasteiger partial charge in [-0.05, 0) is 43.8 Å². The number of carbonyl (C=O) groups excluding carboxylic acids is 2. The van der Waals surface area contributed by atoms with Crippen LogP contribution in [-0.2, 0) is 21.4 Å². The maximum atomic E-state index is 12.9. The molecule has 1 aliphatic rings. The molecule has 2 aromatic rings. The monoisotopic (exact) mass is 497 g/mol. The van der Waals surface area contributed by atoms with Crippen LogP contribution in [0.15, 0.2) is 47.4 Å². The number of benzene rings is 2. The molecule has 0 atom stereocenters. The molecular weight excluding hydrogens is 473 g/mol. The number of hydrogen-bond acceptors (Lipinski definition) is 5. The van der Waals surface area contributed by atoms with Crippen molar-refractivity contribution in [3.8, 4) is 0 Å². The van der Waals surface area contributed by atoms with Gasteiger partial charge in [-0.15, -0.1) is 0 Å². The summed E-state index contributed by atoms with van der Waals surface area (Å²) in [6, 6.07) is 11.2. The summed E-state index contributed by atoms with van der Waals surface area (Å²) in [6.07, 6.45) is 0. The smallest absolute Gasteiger partial charge is 0.243 e. The third-order valence-corrected chi connectivity index (χ3v) is 7.85. The quantitative estimate of drug-likeness (QED) is 0.549. The average Bonchev–Trinajstić information content (AvgIpc) is 2.75. The number of likely N-dealkylation sites (N-methyl/N-ethyl adjacent to an activating group) is 1. The van der Waals surface area contributed by atoms with Gasteiger partial charge in [0.05, 0.1) is 11.4 Å². The lowest BCUT2D eigenvalue weighted by Crippen LogP contribution is -2.52. The van der Waals surface area contributed by atoms with E-state index in [2.05, 4.69) is 0 Å².